The van der Waals surface area contributed by atoms with Crippen molar-refractivity contribution in [2.75, 3.05) is 33.2 Å². The first kappa shape index (κ1) is 12.3. The zero-order chi connectivity index (χ0) is 12.3. The number of piperazine rings is 1. The van der Waals surface area contributed by atoms with Gasteiger partial charge in [0.1, 0.15) is 0 Å². The SMILES string of the molecule is CN1CC(NC(=O)C2CNCCN2)CCC1=O. The fourth-order valence-electron chi connectivity index (χ4n) is 2.27. The van der Waals surface area contributed by atoms with E-state index in [4.69, 9.17) is 0 Å². The molecule has 2 amide bonds. The zero-order valence-corrected chi connectivity index (χ0v) is 10.2. The number of carbonyl (C=O) groups excluding carboxylic acids is 2. The van der Waals surface area contributed by atoms with E-state index in [9.17, 15) is 9.59 Å². The fourth-order valence-corrected chi connectivity index (χ4v) is 2.27. The Kier molecular flexibility index (Phi) is 3.96. The smallest absolute Gasteiger partial charge is 0.238 e. The molecule has 0 aliphatic carbocycles. The highest BCUT2D eigenvalue weighted by Gasteiger charge is 2.27. The van der Waals surface area contributed by atoms with Gasteiger partial charge in [-0.05, 0) is 6.42 Å². The first-order valence-corrected chi connectivity index (χ1v) is 6.15. The molecule has 2 rings (SSSR count). The molecule has 0 aromatic carbocycles. The average molecular weight is 240 g/mol. The molecule has 2 aliphatic rings. The third kappa shape index (κ3) is 3.17. The maximum Gasteiger partial charge on any atom is 0.238 e. The van der Waals surface area contributed by atoms with Crippen LogP contribution in [0.2, 0.25) is 0 Å². The van der Waals surface area contributed by atoms with Crippen LogP contribution in [-0.2, 0) is 9.59 Å². The number of carbonyl (C=O) groups is 2. The van der Waals surface area contributed by atoms with Crippen molar-refractivity contribution in [3.05, 3.63) is 0 Å². The average Bonchev–Trinajstić information content (AvgIpc) is 2.35. The standard InChI is InChI=1S/C11H20N4O2/c1-15-7-8(2-3-10(15)16)14-11(17)9-6-12-4-5-13-9/h8-9,12-13H,2-7H2,1H3,(H,14,17). The van der Waals surface area contributed by atoms with Crippen LogP contribution in [0.1, 0.15) is 12.8 Å². The lowest BCUT2D eigenvalue weighted by molar-refractivity contribution is -0.134. The molecule has 17 heavy (non-hydrogen) atoms. The highest BCUT2D eigenvalue weighted by Crippen LogP contribution is 2.09. The van der Waals surface area contributed by atoms with E-state index < -0.39 is 0 Å². The number of nitrogens with zero attached hydrogens (tertiary/aromatic N) is 1. The molecule has 2 fully saturated rings. The molecule has 2 saturated heterocycles. The molecule has 3 N–H and O–H groups in total. The molecule has 0 radical (unpaired) electrons. The van der Waals surface area contributed by atoms with Gasteiger partial charge >= 0.3 is 0 Å². The van der Waals surface area contributed by atoms with E-state index >= 15 is 0 Å². The van der Waals surface area contributed by atoms with Crippen LogP contribution >= 0.6 is 0 Å². The van der Waals surface area contributed by atoms with Crippen LogP contribution in [0, 0.1) is 0 Å². The lowest BCUT2D eigenvalue weighted by Crippen LogP contribution is -2.59. The zero-order valence-electron chi connectivity index (χ0n) is 10.2. The van der Waals surface area contributed by atoms with Crippen molar-refractivity contribution in [2.45, 2.75) is 24.9 Å². The number of amides is 2. The van der Waals surface area contributed by atoms with Gasteiger partial charge in [-0.25, -0.2) is 0 Å². The second-order valence-corrected chi connectivity index (χ2v) is 4.73. The Morgan fingerprint density at radius 2 is 2.29 bits per heavy atom. The molecule has 0 aromatic rings. The van der Waals surface area contributed by atoms with Crippen molar-refractivity contribution < 1.29 is 9.59 Å². The highest BCUT2D eigenvalue weighted by molar-refractivity contribution is 5.83. The van der Waals surface area contributed by atoms with Crippen molar-refractivity contribution in [1.29, 1.82) is 0 Å². The van der Waals surface area contributed by atoms with E-state index in [1.54, 1.807) is 11.9 Å². The number of hydrogen-bond acceptors (Lipinski definition) is 4. The maximum absolute atomic E-state index is 11.9. The molecule has 0 aromatic heterocycles. The van der Waals surface area contributed by atoms with E-state index in [0.717, 1.165) is 19.5 Å². The van der Waals surface area contributed by atoms with Crippen molar-refractivity contribution in [2.24, 2.45) is 0 Å². The molecule has 2 aliphatic heterocycles. The van der Waals surface area contributed by atoms with Gasteiger partial charge < -0.3 is 20.9 Å². The summed E-state index contributed by atoms with van der Waals surface area (Å²) < 4.78 is 0. The van der Waals surface area contributed by atoms with Gasteiger partial charge in [0.2, 0.25) is 11.8 Å². The van der Waals surface area contributed by atoms with Crippen LogP contribution in [0.15, 0.2) is 0 Å². The van der Waals surface area contributed by atoms with Gasteiger partial charge in [-0.1, -0.05) is 0 Å². The van der Waals surface area contributed by atoms with Crippen LogP contribution < -0.4 is 16.0 Å². The second kappa shape index (κ2) is 5.46. The number of nitrogens with one attached hydrogen (secondary N) is 3. The molecule has 0 spiro atoms. The van der Waals surface area contributed by atoms with Crippen LogP contribution in [0.4, 0.5) is 0 Å². The Morgan fingerprint density at radius 1 is 1.47 bits per heavy atom. The predicted octanol–water partition coefficient (Wildman–Crippen LogP) is -1.72. The Bertz CT molecular complexity index is 302. The van der Waals surface area contributed by atoms with Gasteiger partial charge in [0.15, 0.2) is 0 Å². The minimum absolute atomic E-state index is 0.0324. The Morgan fingerprint density at radius 3 is 2.94 bits per heavy atom. The first-order chi connectivity index (χ1) is 8.16. The normalized spacial score (nSPS) is 30.2. The van der Waals surface area contributed by atoms with Crippen LogP contribution in [0.5, 0.6) is 0 Å². The first-order valence-electron chi connectivity index (χ1n) is 6.15. The molecule has 0 bridgehead atoms. The van der Waals surface area contributed by atoms with Crippen LogP contribution in [0.3, 0.4) is 0 Å². The Balaban J connectivity index is 1.80. The van der Waals surface area contributed by atoms with E-state index in [-0.39, 0.29) is 23.9 Å². The van der Waals surface area contributed by atoms with Gasteiger partial charge in [-0.15, -0.1) is 0 Å². The number of likely N-dealkylation sites (N-methyl/N-ethyl adjacent to an activating group) is 1. The summed E-state index contributed by atoms with van der Waals surface area (Å²) in [7, 11) is 1.78. The third-order valence-electron chi connectivity index (χ3n) is 3.33. The highest BCUT2D eigenvalue weighted by atomic mass is 16.2. The molecule has 0 saturated carbocycles. The van der Waals surface area contributed by atoms with E-state index in [1.807, 2.05) is 0 Å². The summed E-state index contributed by atoms with van der Waals surface area (Å²) in [6.07, 6.45) is 1.27. The van der Waals surface area contributed by atoms with Gasteiger partial charge in [-0.3, -0.25) is 9.59 Å². The lowest BCUT2D eigenvalue weighted by atomic mass is 10.0. The van der Waals surface area contributed by atoms with Gasteiger partial charge in [-0.2, -0.15) is 0 Å². The van der Waals surface area contributed by atoms with Crippen molar-refractivity contribution in [1.82, 2.24) is 20.9 Å². The lowest BCUT2D eigenvalue weighted by Gasteiger charge is -2.32. The largest absolute Gasteiger partial charge is 0.350 e. The van der Waals surface area contributed by atoms with Crippen molar-refractivity contribution >= 4 is 11.8 Å². The molecule has 2 atom stereocenters. The minimum Gasteiger partial charge on any atom is -0.350 e. The molecule has 6 nitrogen and oxygen atoms in total. The molecular weight excluding hydrogens is 220 g/mol. The molecule has 96 valence electrons. The number of rotatable bonds is 2. The fraction of sp³-hybridized carbons (Fsp3) is 0.818. The van der Waals surface area contributed by atoms with Crippen LogP contribution in [0.25, 0.3) is 0 Å². The third-order valence-corrected chi connectivity index (χ3v) is 3.33. The van der Waals surface area contributed by atoms with Crippen molar-refractivity contribution in [3.8, 4) is 0 Å². The minimum atomic E-state index is -0.147. The summed E-state index contributed by atoms with van der Waals surface area (Å²) in [5.74, 6) is 0.193. The molecular formula is C11H20N4O2. The van der Waals surface area contributed by atoms with Gasteiger partial charge in [0.25, 0.3) is 0 Å². The van der Waals surface area contributed by atoms with Crippen LogP contribution in [-0.4, -0.2) is 62.0 Å². The predicted molar refractivity (Wildman–Crippen MR) is 63.5 cm³/mol. The Labute approximate surface area is 101 Å². The number of piperidine rings is 1. The summed E-state index contributed by atoms with van der Waals surface area (Å²) in [6.45, 7) is 3.02. The summed E-state index contributed by atoms with van der Waals surface area (Å²) in [6, 6.07) is -0.0550. The van der Waals surface area contributed by atoms with Crippen molar-refractivity contribution in [3.63, 3.8) is 0 Å². The summed E-state index contributed by atoms with van der Waals surface area (Å²) in [5, 5.41) is 9.36. The summed E-state index contributed by atoms with van der Waals surface area (Å²) in [5.41, 5.74) is 0. The molecule has 2 unspecified atom stereocenters. The quantitative estimate of drug-likeness (QED) is 0.537. The van der Waals surface area contributed by atoms with Gasteiger partial charge in [0.05, 0.1) is 6.04 Å². The van der Waals surface area contributed by atoms with E-state index in [0.29, 0.717) is 19.5 Å². The molecule has 2 heterocycles. The Hall–Kier alpha value is -1.14. The summed E-state index contributed by atoms with van der Waals surface area (Å²) >= 11 is 0. The number of hydrogen-bond donors (Lipinski definition) is 3. The van der Waals surface area contributed by atoms with Gasteiger partial charge in [0, 0.05) is 45.7 Å². The second-order valence-electron chi connectivity index (χ2n) is 4.73. The molecule has 6 heteroatoms. The summed E-state index contributed by atoms with van der Waals surface area (Å²) in [4.78, 5) is 24.9. The number of likely N-dealkylation sites (tertiary alicyclic amines) is 1. The maximum atomic E-state index is 11.9. The van der Waals surface area contributed by atoms with E-state index in [1.165, 1.54) is 0 Å². The topological polar surface area (TPSA) is 73.5 Å². The monoisotopic (exact) mass is 240 g/mol. The van der Waals surface area contributed by atoms with E-state index in [2.05, 4.69) is 16.0 Å².